The molecule has 2 aliphatic rings. The molecule has 2 nitrogen and oxygen atoms in total. The van der Waals surface area contributed by atoms with Crippen molar-refractivity contribution in [2.75, 3.05) is 0 Å². The third kappa shape index (κ3) is 4.19. The lowest BCUT2D eigenvalue weighted by atomic mass is 10.1. The molecule has 3 heteroatoms. The maximum atomic E-state index is 6.00. The SMILES string of the molecule is CCC(C)=CC=CC1CC2OC(C=C=CBr)CC2O1. The topological polar surface area (TPSA) is 18.5 Å². The molecule has 0 aromatic heterocycles. The number of ether oxygens (including phenoxy) is 2. The van der Waals surface area contributed by atoms with Crippen LogP contribution >= 0.6 is 15.9 Å². The van der Waals surface area contributed by atoms with Gasteiger partial charge in [-0.1, -0.05) is 46.7 Å². The van der Waals surface area contributed by atoms with Crippen molar-refractivity contribution >= 4 is 15.9 Å². The van der Waals surface area contributed by atoms with Gasteiger partial charge < -0.3 is 9.47 Å². The van der Waals surface area contributed by atoms with Crippen molar-refractivity contribution in [2.24, 2.45) is 0 Å². The van der Waals surface area contributed by atoms with Gasteiger partial charge in [0.25, 0.3) is 0 Å². The van der Waals surface area contributed by atoms with Crippen LogP contribution in [0.25, 0.3) is 0 Å². The second-order valence-corrected chi connectivity index (χ2v) is 5.55. The van der Waals surface area contributed by atoms with E-state index in [2.05, 4.69) is 53.7 Å². The molecule has 0 amide bonds. The van der Waals surface area contributed by atoms with Crippen LogP contribution in [0, 0.1) is 0 Å². The van der Waals surface area contributed by atoms with Crippen LogP contribution in [0.15, 0.2) is 40.6 Å². The van der Waals surface area contributed by atoms with E-state index in [0.717, 1.165) is 19.3 Å². The summed E-state index contributed by atoms with van der Waals surface area (Å²) < 4.78 is 11.9. The molecule has 2 fully saturated rings. The van der Waals surface area contributed by atoms with Gasteiger partial charge in [-0.3, -0.25) is 0 Å². The predicted molar refractivity (Wildman–Crippen MR) is 81.3 cm³/mol. The molecule has 0 aromatic rings. The minimum absolute atomic E-state index is 0.149. The van der Waals surface area contributed by atoms with E-state index in [4.69, 9.17) is 9.47 Å². The summed E-state index contributed by atoms with van der Waals surface area (Å²) in [5, 5.41) is 0. The first kappa shape index (κ1) is 14.8. The Hall–Kier alpha value is -0.600. The zero-order valence-electron chi connectivity index (χ0n) is 11.5. The van der Waals surface area contributed by atoms with Gasteiger partial charge in [0.15, 0.2) is 0 Å². The van der Waals surface area contributed by atoms with E-state index >= 15 is 0 Å². The fraction of sp³-hybridized carbons (Fsp3) is 0.562. The molecule has 4 unspecified atom stereocenters. The van der Waals surface area contributed by atoms with Gasteiger partial charge in [-0.15, -0.1) is 5.73 Å². The molecule has 0 aromatic carbocycles. The minimum atomic E-state index is 0.149. The molecule has 2 rings (SSSR count). The Bertz CT molecular complexity index is 404. The summed E-state index contributed by atoms with van der Waals surface area (Å²) in [5.41, 5.74) is 4.39. The van der Waals surface area contributed by atoms with Crippen molar-refractivity contribution in [3.05, 3.63) is 40.6 Å². The Kier molecular flexibility index (Phi) is 5.65. The van der Waals surface area contributed by atoms with Crippen LogP contribution < -0.4 is 0 Å². The lowest BCUT2D eigenvalue weighted by Crippen LogP contribution is -2.13. The molecular weight excluding hydrogens is 304 g/mol. The molecule has 0 N–H and O–H groups in total. The Balaban J connectivity index is 1.83. The Morgan fingerprint density at radius 1 is 1.26 bits per heavy atom. The minimum Gasteiger partial charge on any atom is -0.368 e. The Morgan fingerprint density at radius 2 is 1.95 bits per heavy atom. The molecule has 2 heterocycles. The number of allylic oxidation sites excluding steroid dienone is 3. The van der Waals surface area contributed by atoms with Gasteiger partial charge in [0, 0.05) is 17.8 Å². The van der Waals surface area contributed by atoms with Crippen molar-refractivity contribution in [1.29, 1.82) is 0 Å². The highest BCUT2D eigenvalue weighted by molar-refractivity contribution is 9.11. The van der Waals surface area contributed by atoms with Crippen LogP contribution in [0.2, 0.25) is 0 Å². The summed E-state index contributed by atoms with van der Waals surface area (Å²) >= 11 is 3.20. The quantitative estimate of drug-likeness (QED) is 0.567. The second-order valence-electron chi connectivity index (χ2n) is 5.09. The fourth-order valence-electron chi connectivity index (χ4n) is 2.44. The number of rotatable bonds is 4. The molecule has 4 atom stereocenters. The first-order valence-electron chi connectivity index (χ1n) is 6.89. The maximum Gasteiger partial charge on any atom is 0.0874 e. The zero-order valence-corrected chi connectivity index (χ0v) is 13.1. The summed E-state index contributed by atoms with van der Waals surface area (Å²) in [4.78, 5) is 1.72. The summed E-state index contributed by atoms with van der Waals surface area (Å²) in [7, 11) is 0. The van der Waals surface area contributed by atoms with Gasteiger partial charge >= 0.3 is 0 Å². The fourth-order valence-corrected chi connectivity index (χ4v) is 2.60. The van der Waals surface area contributed by atoms with Crippen molar-refractivity contribution < 1.29 is 9.47 Å². The van der Waals surface area contributed by atoms with Crippen molar-refractivity contribution in [3.63, 3.8) is 0 Å². The van der Waals surface area contributed by atoms with E-state index in [-0.39, 0.29) is 24.4 Å². The zero-order chi connectivity index (χ0) is 13.7. The van der Waals surface area contributed by atoms with Gasteiger partial charge in [-0.2, -0.15) is 0 Å². The first-order chi connectivity index (χ1) is 9.22. The molecule has 19 heavy (non-hydrogen) atoms. The third-order valence-corrected chi connectivity index (χ3v) is 3.92. The van der Waals surface area contributed by atoms with E-state index < -0.39 is 0 Å². The molecule has 0 saturated carbocycles. The summed E-state index contributed by atoms with van der Waals surface area (Å²) in [6, 6.07) is 0. The largest absolute Gasteiger partial charge is 0.368 e. The molecule has 0 aliphatic carbocycles. The molecule has 0 spiro atoms. The van der Waals surface area contributed by atoms with Crippen molar-refractivity contribution in [3.8, 4) is 0 Å². The monoisotopic (exact) mass is 324 g/mol. The average Bonchev–Trinajstić information content (AvgIpc) is 2.93. The molecule has 0 radical (unpaired) electrons. The van der Waals surface area contributed by atoms with Gasteiger partial charge in [0.1, 0.15) is 0 Å². The van der Waals surface area contributed by atoms with E-state index in [1.54, 1.807) is 4.99 Å². The standard InChI is InChI=1S/C16H21BrO2/c1-3-12(2)6-4-7-13-10-15-16(18-13)11-14(19-15)8-5-9-17/h4,6-9,13-16H,3,10-11H2,1-2H3. The summed E-state index contributed by atoms with van der Waals surface area (Å²) in [6.07, 6.45) is 12.2. The van der Waals surface area contributed by atoms with Crippen LogP contribution in [0.1, 0.15) is 33.1 Å². The lowest BCUT2D eigenvalue weighted by molar-refractivity contribution is 0.0498. The van der Waals surface area contributed by atoms with E-state index in [9.17, 15) is 0 Å². The van der Waals surface area contributed by atoms with Crippen LogP contribution in [0.5, 0.6) is 0 Å². The Morgan fingerprint density at radius 3 is 2.63 bits per heavy atom. The predicted octanol–water partition coefficient (Wildman–Crippen LogP) is 4.28. The van der Waals surface area contributed by atoms with Crippen molar-refractivity contribution in [1.82, 2.24) is 0 Å². The highest BCUT2D eigenvalue weighted by Gasteiger charge is 2.42. The maximum absolute atomic E-state index is 6.00. The summed E-state index contributed by atoms with van der Waals surface area (Å²) in [6.45, 7) is 4.31. The van der Waals surface area contributed by atoms with E-state index in [1.165, 1.54) is 5.57 Å². The van der Waals surface area contributed by atoms with Crippen LogP contribution in [0.4, 0.5) is 0 Å². The smallest absolute Gasteiger partial charge is 0.0874 e. The lowest BCUT2D eigenvalue weighted by Gasteiger charge is -2.09. The number of hydrogen-bond donors (Lipinski definition) is 0. The van der Waals surface area contributed by atoms with Crippen LogP contribution in [0.3, 0.4) is 0 Å². The number of hydrogen-bond acceptors (Lipinski definition) is 2. The van der Waals surface area contributed by atoms with Gasteiger partial charge in [-0.25, -0.2) is 0 Å². The first-order valence-corrected chi connectivity index (χ1v) is 7.80. The summed E-state index contributed by atoms with van der Waals surface area (Å²) in [5.74, 6) is 0. The second kappa shape index (κ2) is 7.25. The van der Waals surface area contributed by atoms with Crippen molar-refractivity contribution in [2.45, 2.75) is 57.5 Å². The van der Waals surface area contributed by atoms with Gasteiger partial charge in [0.2, 0.25) is 0 Å². The highest BCUT2D eigenvalue weighted by atomic mass is 79.9. The number of halogens is 1. The molecule has 104 valence electrons. The van der Waals surface area contributed by atoms with Crippen LogP contribution in [-0.4, -0.2) is 24.4 Å². The molecular formula is C16H21BrO2. The highest BCUT2D eigenvalue weighted by Crippen LogP contribution is 2.34. The molecule has 0 bridgehead atoms. The van der Waals surface area contributed by atoms with Crippen LogP contribution in [-0.2, 0) is 9.47 Å². The Labute approximate surface area is 124 Å². The van der Waals surface area contributed by atoms with E-state index in [0.29, 0.717) is 0 Å². The number of fused-ring (bicyclic) bond motifs is 1. The van der Waals surface area contributed by atoms with Gasteiger partial charge in [0.05, 0.1) is 24.4 Å². The third-order valence-electron chi connectivity index (χ3n) is 3.65. The van der Waals surface area contributed by atoms with E-state index in [1.807, 2.05) is 6.08 Å². The normalized spacial score (nSPS) is 34.4. The molecule has 2 aliphatic heterocycles. The average molecular weight is 325 g/mol. The molecule has 2 saturated heterocycles. The van der Waals surface area contributed by atoms with Gasteiger partial charge in [-0.05, 0) is 19.4 Å².